The van der Waals surface area contributed by atoms with Crippen molar-refractivity contribution in [2.75, 3.05) is 6.16 Å². The smallest absolute Gasteiger partial charge is 0.00506 e. The van der Waals surface area contributed by atoms with Gasteiger partial charge in [-0.05, 0) is 11.5 Å². The Balaban J connectivity index is 2.14. The van der Waals surface area contributed by atoms with Crippen LogP contribution in [0.5, 0.6) is 0 Å². The van der Waals surface area contributed by atoms with Gasteiger partial charge in [0.15, 0.2) is 0 Å². The minimum absolute atomic E-state index is 0.173. The number of hydrogen-bond acceptors (Lipinski definition) is 0. The van der Waals surface area contributed by atoms with Gasteiger partial charge in [-0.2, -0.15) is 0 Å². The maximum atomic E-state index is 3.81. The molecular formula is C10H11P. The molecule has 0 aliphatic carbocycles. The monoisotopic (exact) mass is 162 g/mol. The van der Waals surface area contributed by atoms with Crippen molar-refractivity contribution < 1.29 is 0 Å². The highest BCUT2D eigenvalue weighted by molar-refractivity contribution is 7.73. The lowest BCUT2D eigenvalue weighted by Crippen LogP contribution is -1.91. The van der Waals surface area contributed by atoms with E-state index < -0.39 is 0 Å². The Morgan fingerprint density at radius 3 is 2.64 bits per heavy atom. The molecule has 1 fully saturated rings. The van der Waals surface area contributed by atoms with Crippen LogP contribution in [0, 0.1) is 0 Å². The number of allylic oxidation sites excluding steroid dienone is 1. The Morgan fingerprint density at radius 1 is 1.36 bits per heavy atom. The van der Waals surface area contributed by atoms with E-state index in [0.29, 0.717) is 0 Å². The van der Waals surface area contributed by atoms with Gasteiger partial charge in [0.05, 0.1) is 0 Å². The van der Waals surface area contributed by atoms with Crippen LogP contribution < -0.4 is 5.30 Å². The van der Waals surface area contributed by atoms with Crippen LogP contribution >= 0.6 is 7.92 Å². The Kier molecular flexibility index (Phi) is 1.79. The molecule has 0 aromatic heterocycles. The molecule has 1 aliphatic rings. The second-order valence-corrected chi connectivity index (χ2v) is 5.28. The minimum atomic E-state index is 0.173. The molecule has 0 unspecified atom stereocenters. The van der Waals surface area contributed by atoms with Gasteiger partial charge in [0.1, 0.15) is 0 Å². The summed E-state index contributed by atoms with van der Waals surface area (Å²) in [5, 5.41) is 1.53. The van der Waals surface area contributed by atoms with Crippen LogP contribution in [-0.4, -0.2) is 11.8 Å². The zero-order valence-corrected chi connectivity index (χ0v) is 7.30. The summed E-state index contributed by atoms with van der Waals surface area (Å²) in [5.41, 5.74) is 0.812. The van der Waals surface area contributed by atoms with Crippen molar-refractivity contribution in [2.24, 2.45) is 0 Å². The van der Waals surface area contributed by atoms with Gasteiger partial charge in [0.2, 0.25) is 0 Å². The fourth-order valence-electron chi connectivity index (χ4n) is 1.27. The highest BCUT2D eigenvalue weighted by Crippen LogP contribution is 2.57. The van der Waals surface area contributed by atoms with E-state index in [1.807, 2.05) is 0 Å². The zero-order valence-electron chi connectivity index (χ0n) is 6.40. The lowest BCUT2D eigenvalue weighted by molar-refractivity contribution is 1.42. The van der Waals surface area contributed by atoms with E-state index in [2.05, 4.69) is 43.0 Å². The summed E-state index contributed by atoms with van der Waals surface area (Å²) >= 11 is 0. The predicted molar refractivity (Wildman–Crippen MR) is 51.8 cm³/mol. The van der Waals surface area contributed by atoms with E-state index in [1.54, 1.807) is 0 Å². The summed E-state index contributed by atoms with van der Waals surface area (Å²) < 4.78 is 0. The third-order valence-corrected chi connectivity index (χ3v) is 4.48. The van der Waals surface area contributed by atoms with E-state index >= 15 is 0 Å². The molecule has 11 heavy (non-hydrogen) atoms. The minimum Gasteiger partial charge on any atom is -0.102 e. The maximum absolute atomic E-state index is 3.81. The Hall–Kier alpha value is -0.610. The van der Waals surface area contributed by atoms with Crippen LogP contribution in [0.2, 0.25) is 0 Å². The molecule has 0 bridgehead atoms. The fraction of sp³-hybridized carbons (Fsp3) is 0.200. The van der Waals surface area contributed by atoms with E-state index in [9.17, 15) is 0 Å². The average Bonchev–Trinajstić information content (AvgIpc) is 2.85. The third-order valence-electron chi connectivity index (χ3n) is 2.01. The highest BCUT2D eigenvalue weighted by Gasteiger charge is 2.34. The van der Waals surface area contributed by atoms with Crippen molar-refractivity contribution >= 4 is 13.2 Å². The van der Waals surface area contributed by atoms with Gasteiger partial charge in [0.25, 0.3) is 0 Å². The molecule has 0 N–H and O–H groups in total. The van der Waals surface area contributed by atoms with Gasteiger partial charge in [-0.25, -0.2) is 0 Å². The van der Waals surface area contributed by atoms with Crippen LogP contribution in [0.25, 0.3) is 0 Å². The Bertz CT molecular complexity index is 253. The van der Waals surface area contributed by atoms with Gasteiger partial charge in [0, 0.05) is 5.66 Å². The average molecular weight is 162 g/mol. The summed E-state index contributed by atoms with van der Waals surface area (Å²) in [5.74, 6) is 0. The topological polar surface area (TPSA) is 0 Å². The van der Waals surface area contributed by atoms with Gasteiger partial charge >= 0.3 is 0 Å². The lowest BCUT2D eigenvalue weighted by atomic mass is 10.4. The van der Waals surface area contributed by atoms with Gasteiger partial charge in [-0.15, -0.1) is 6.58 Å². The normalized spacial score (nSPS) is 28.0. The number of rotatable bonds is 2. The number of benzene rings is 1. The summed E-state index contributed by atoms with van der Waals surface area (Å²) in [7, 11) is 0.173. The Labute approximate surface area is 68.7 Å². The molecule has 1 saturated heterocycles. The fourth-order valence-corrected chi connectivity index (χ4v) is 3.38. The van der Waals surface area contributed by atoms with Crippen molar-refractivity contribution in [3.8, 4) is 0 Å². The van der Waals surface area contributed by atoms with E-state index in [0.717, 1.165) is 5.66 Å². The molecule has 0 saturated carbocycles. The van der Waals surface area contributed by atoms with Crippen molar-refractivity contribution in [3.05, 3.63) is 43.0 Å². The van der Waals surface area contributed by atoms with Crippen LogP contribution in [-0.2, 0) is 0 Å². The Morgan fingerprint density at radius 2 is 2.09 bits per heavy atom. The molecule has 56 valence electrons. The molecule has 0 nitrogen and oxygen atoms in total. The molecule has 1 heterocycles. The second kappa shape index (κ2) is 2.79. The molecule has 1 aliphatic heterocycles. The largest absolute Gasteiger partial charge is 0.102 e. The number of hydrogen-bond donors (Lipinski definition) is 0. The molecule has 0 amide bonds. The van der Waals surface area contributed by atoms with E-state index in [-0.39, 0.29) is 7.92 Å². The van der Waals surface area contributed by atoms with Crippen molar-refractivity contribution in [1.82, 2.24) is 0 Å². The summed E-state index contributed by atoms with van der Waals surface area (Å²) in [6, 6.07) is 10.8. The van der Waals surface area contributed by atoms with Gasteiger partial charge in [-0.1, -0.05) is 44.3 Å². The third kappa shape index (κ3) is 1.36. The maximum Gasteiger partial charge on any atom is 0.00506 e. The van der Waals surface area contributed by atoms with Crippen LogP contribution in [0.15, 0.2) is 43.0 Å². The molecule has 2 rings (SSSR count). The van der Waals surface area contributed by atoms with Crippen LogP contribution in [0.1, 0.15) is 0 Å². The summed E-state index contributed by atoms with van der Waals surface area (Å²) in [4.78, 5) is 0. The molecular weight excluding hydrogens is 151 g/mol. The standard InChI is InChI=1S/C10H11P/c1-2-9-8-11(9)10-6-4-3-5-7-10/h2-7,9H,1,8H2/t9-,11-/m0/s1. The molecule has 0 spiro atoms. The van der Waals surface area contributed by atoms with Crippen molar-refractivity contribution in [3.63, 3.8) is 0 Å². The molecule has 1 aromatic carbocycles. The van der Waals surface area contributed by atoms with E-state index in [4.69, 9.17) is 0 Å². The zero-order chi connectivity index (χ0) is 7.68. The first-order valence-corrected chi connectivity index (χ1v) is 5.45. The first-order chi connectivity index (χ1) is 5.42. The van der Waals surface area contributed by atoms with Crippen LogP contribution in [0.3, 0.4) is 0 Å². The summed E-state index contributed by atoms with van der Waals surface area (Å²) in [6.45, 7) is 3.81. The quantitative estimate of drug-likeness (QED) is 0.462. The van der Waals surface area contributed by atoms with Crippen LogP contribution in [0.4, 0.5) is 0 Å². The van der Waals surface area contributed by atoms with Crippen molar-refractivity contribution in [1.29, 1.82) is 0 Å². The molecule has 1 aromatic rings. The van der Waals surface area contributed by atoms with Gasteiger partial charge < -0.3 is 0 Å². The van der Waals surface area contributed by atoms with Gasteiger partial charge in [-0.3, -0.25) is 0 Å². The molecule has 0 radical (unpaired) electrons. The first kappa shape index (κ1) is 7.06. The SMILES string of the molecule is C=C[C@H]1C[P@]1c1ccccc1. The lowest BCUT2D eigenvalue weighted by Gasteiger charge is -1.95. The molecule has 1 heteroatoms. The van der Waals surface area contributed by atoms with E-state index in [1.165, 1.54) is 11.5 Å². The predicted octanol–water partition coefficient (Wildman–Crippen LogP) is 2.36. The first-order valence-electron chi connectivity index (χ1n) is 3.86. The molecule has 2 atom stereocenters. The van der Waals surface area contributed by atoms with Crippen molar-refractivity contribution in [2.45, 2.75) is 5.66 Å². The summed E-state index contributed by atoms with van der Waals surface area (Å²) in [6.07, 6.45) is 3.46. The highest BCUT2D eigenvalue weighted by atomic mass is 31.1. The second-order valence-electron chi connectivity index (χ2n) is 2.79.